The summed E-state index contributed by atoms with van der Waals surface area (Å²) in [6.45, 7) is 0. The molecule has 4 aromatic rings. The van der Waals surface area contributed by atoms with Crippen LogP contribution in [0.3, 0.4) is 0 Å². The number of hydrogen-bond donors (Lipinski definition) is 2. The number of amides is 1. The summed E-state index contributed by atoms with van der Waals surface area (Å²) in [5, 5.41) is 3.94. The summed E-state index contributed by atoms with van der Waals surface area (Å²) in [5.74, 6) is -0.118. The largest absolute Gasteiger partial charge is 0.361 e. The number of carbonyl (C=O) groups is 1. The predicted octanol–water partition coefficient (Wildman–Crippen LogP) is 4.03. The summed E-state index contributed by atoms with van der Waals surface area (Å²) in [6, 6.07) is 13.3. The van der Waals surface area contributed by atoms with Crippen molar-refractivity contribution in [3.63, 3.8) is 0 Å². The van der Waals surface area contributed by atoms with Gasteiger partial charge >= 0.3 is 0 Å². The van der Waals surface area contributed by atoms with Crippen LogP contribution in [0.2, 0.25) is 0 Å². The van der Waals surface area contributed by atoms with Crippen LogP contribution in [-0.4, -0.2) is 15.9 Å². The minimum atomic E-state index is -0.118. The van der Waals surface area contributed by atoms with Crippen molar-refractivity contribution in [2.24, 2.45) is 0 Å². The highest BCUT2D eigenvalue weighted by molar-refractivity contribution is 7.16. The van der Waals surface area contributed by atoms with Gasteiger partial charge in [-0.25, -0.2) is 4.98 Å². The van der Waals surface area contributed by atoms with Gasteiger partial charge in [-0.3, -0.25) is 4.79 Å². The highest BCUT2D eigenvalue weighted by Crippen LogP contribution is 2.22. The standard InChI is InChI=1S/C16H11N3OS/c20-16(11-1-3-13-10(7-11)5-6-17-13)19-12-2-4-15-14(8-12)18-9-21-15/h1-9,17H,(H,19,20). The van der Waals surface area contributed by atoms with Gasteiger partial charge in [-0.15, -0.1) is 11.3 Å². The van der Waals surface area contributed by atoms with Crippen LogP contribution < -0.4 is 5.32 Å². The maximum Gasteiger partial charge on any atom is 0.255 e. The number of nitrogens with zero attached hydrogens (tertiary/aromatic N) is 1. The Labute approximate surface area is 124 Å². The van der Waals surface area contributed by atoms with Gasteiger partial charge < -0.3 is 10.3 Å². The van der Waals surface area contributed by atoms with Crippen LogP contribution in [0.25, 0.3) is 21.1 Å². The fourth-order valence-electron chi connectivity index (χ4n) is 2.33. The van der Waals surface area contributed by atoms with Gasteiger partial charge in [0.1, 0.15) is 0 Å². The molecule has 2 heterocycles. The first-order valence-corrected chi connectivity index (χ1v) is 7.39. The topological polar surface area (TPSA) is 57.8 Å². The van der Waals surface area contributed by atoms with Gasteiger partial charge in [-0.1, -0.05) is 0 Å². The fourth-order valence-corrected chi connectivity index (χ4v) is 2.99. The lowest BCUT2D eigenvalue weighted by Gasteiger charge is -2.05. The minimum absolute atomic E-state index is 0.118. The van der Waals surface area contributed by atoms with Crippen molar-refractivity contribution in [1.82, 2.24) is 9.97 Å². The molecule has 4 rings (SSSR count). The Kier molecular flexibility index (Phi) is 2.72. The average Bonchev–Trinajstić information content (AvgIpc) is 3.14. The van der Waals surface area contributed by atoms with E-state index >= 15 is 0 Å². The number of benzene rings is 2. The molecule has 0 aliphatic rings. The van der Waals surface area contributed by atoms with E-state index in [1.165, 1.54) is 0 Å². The van der Waals surface area contributed by atoms with Crippen LogP contribution in [0.5, 0.6) is 0 Å². The van der Waals surface area contributed by atoms with E-state index in [1.54, 1.807) is 16.8 Å². The summed E-state index contributed by atoms with van der Waals surface area (Å²) in [4.78, 5) is 19.7. The Balaban J connectivity index is 1.64. The molecule has 0 atom stereocenters. The Hall–Kier alpha value is -2.66. The number of thiazole rings is 1. The zero-order chi connectivity index (χ0) is 14.2. The maximum absolute atomic E-state index is 12.3. The number of fused-ring (bicyclic) bond motifs is 2. The highest BCUT2D eigenvalue weighted by Gasteiger charge is 2.08. The third kappa shape index (κ3) is 2.17. The van der Waals surface area contributed by atoms with E-state index in [4.69, 9.17) is 0 Å². The lowest BCUT2D eigenvalue weighted by molar-refractivity contribution is 0.102. The summed E-state index contributed by atoms with van der Waals surface area (Å²) in [6.07, 6.45) is 1.86. The van der Waals surface area contributed by atoms with Crippen LogP contribution in [-0.2, 0) is 0 Å². The Morgan fingerprint density at radius 1 is 1.14 bits per heavy atom. The number of hydrogen-bond acceptors (Lipinski definition) is 3. The van der Waals surface area contributed by atoms with Crippen molar-refractivity contribution >= 4 is 44.1 Å². The van der Waals surface area contributed by atoms with Crippen LogP contribution in [0.15, 0.2) is 54.2 Å². The third-order valence-electron chi connectivity index (χ3n) is 3.40. The van der Waals surface area contributed by atoms with Crippen molar-refractivity contribution in [2.75, 3.05) is 5.32 Å². The number of carbonyl (C=O) groups excluding carboxylic acids is 1. The second kappa shape index (κ2) is 4.71. The molecule has 2 N–H and O–H groups in total. The molecule has 0 radical (unpaired) electrons. The quantitative estimate of drug-likeness (QED) is 0.586. The lowest BCUT2D eigenvalue weighted by Crippen LogP contribution is -2.11. The smallest absolute Gasteiger partial charge is 0.255 e. The monoisotopic (exact) mass is 293 g/mol. The normalized spacial score (nSPS) is 11.0. The molecule has 5 heteroatoms. The van der Waals surface area contributed by atoms with E-state index in [9.17, 15) is 4.79 Å². The van der Waals surface area contributed by atoms with Gasteiger partial charge in [0, 0.05) is 28.4 Å². The predicted molar refractivity (Wildman–Crippen MR) is 85.9 cm³/mol. The Morgan fingerprint density at radius 3 is 3.05 bits per heavy atom. The number of rotatable bonds is 2. The molecule has 0 aliphatic heterocycles. The van der Waals surface area contributed by atoms with Crippen LogP contribution in [0.1, 0.15) is 10.4 Å². The van der Waals surface area contributed by atoms with E-state index in [1.807, 2.05) is 48.7 Å². The minimum Gasteiger partial charge on any atom is -0.361 e. The zero-order valence-electron chi connectivity index (χ0n) is 11.0. The molecule has 0 unspecified atom stereocenters. The molecule has 2 aromatic carbocycles. The number of nitrogens with one attached hydrogen (secondary N) is 2. The SMILES string of the molecule is O=C(Nc1ccc2scnc2c1)c1ccc2[nH]ccc2c1. The molecule has 0 fully saturated rings. The Bertz CT molecular complexity index is 954. The van der Waals surface area contributed by atoms with E-state index < -0.39 is 0 Å². The number of aromatic amines is 1. The van der Waals surface area contributed by atoms with Gasteiger partial charge in [-0.2, -0.15) is 0 Å². The van der Waals surface area contributed by atoms with Gasteiger partial charge in [0.05, 0.1) is 15.7 Å². The molecular weight excluding hydrogens is 282 g/mol. The molecular formula is C16H11N3OS. The Morgan fingerprint density at radius 2 is 2.10 bits per heavy atom. The van der Waals surface area contributed by atoms with E-state index in [0.717, 1.165) is 26.8 Å². The fraction of sp³-hybridized carbons (Fsp3) is 0. The first-order chi connectivity index (χ1) is 10.3. The van der Waals surface area contributed by atoms with Crippen molar-refractivity contribution < 1.29 is 4.79 Å². The van der Waals surface area contributed by atoms with Gasteiger partial charge in [0.15, 0.2) is 0 Å². The van der Waals surface area contributed by atoms with Crippen LogP contribution in [0.4, 0.5) is 5.69 Å². The van der Waals surface area contributed by atoms with E-state index in [0.29, 0.717) is 5.56 Å². The molecule has 2 aromatic heterocycles. The summed E-state index contributed by atoms with van der Waals surface area (Å²) in [5.41, 5.74) is 5.12. The first kappa shape index (κ1) is 12.1. The summed E-state index contributed by atoms with van der Waals surface area (Å²) < 4.78 is 1.11. The van der Waals surface area contributed by atoms with Crippen molar-refractivity contribution in [3.05, 3.63) is 59.7 Å². The maximum atomic E-state index is 12.3. The van der Waals surface area contributed by atoms with Gasteiger partial charge in [-0.05, 0) is 42.5 Å². The molecule has 21 heavy (non-hydrogen) atoms. The molecule has 0 spiro atoms. The number of anilines is 1. The van der Waals surface area contributed by atoms with Crippen molar-refractivity contribution in [3.8, 4) is 0 Å². The van der Waals surface area contributed by atoms with Crippen LogP contribution >= 0.6 is 11.3 Å². The average molecular weight is 293 g/mol. The van der Waals surface area contributed by atoms with Gasteiger partial charge in [0.2, 0.25) is 0 Å². The third-order valence-corrected chi connectivity index (χ3v) is 4.21. The molecule has 0 saturated heterocycles. The first-order valence-electron chi connectivity index (χ1n) is 6.51. The molecule has 0 saturated carbocycles. The molecule has 4 nitrogen and oxygen atoms in total. The molecule has 102 valence electrons. The van der Waals surface area contributed by atoms with E-state index in [-0.39, 0.29) is 5.91 Å². The number of H-pyrrole nitrogens is 1. The summed E-state index contributed by atoms with van der Waals surface area (Å²) >= 11 is 1.59. The molecule has 0 bridgehead atoms. The highest BCUT2D eigenvalue weighted by atomic mass is 32.1. The van der Waals surface area contributed by atoms with Crippen molar-refractivity contribution in [2.45, 2.75) is 0 Å². The number of aromatic nitrogens is 2. The zero-order valence-corrected chi connectivity index (χ0v) is 11.8. The van der Waals surface area contributed by atoms with Crippen LogP contribution in [0, 0.1) is 0 Å². The lowest BCUT2D eigenvalue weighted by atomic mass is 10.1. The second-order valence-corrected chi connectivity index (χ2v) is 5.66. The molecule has 0 aliphatic carbocycles. The molecule has 1 amide bonds. The summed E-state index contributed by atoms with van der Waals surface area (Å²) in [7, 11) is 0. The van der Waals surface area contributed by atoms with E-state index in [2.05, 4.69) is 15.3 Å². The van der Waals surface area contributed by atoms with Gasteiger partial charge in [0.25, 0.3) is 5.91 Å². The second-order valence-electron chi connectivity index (χ2n) is 4.77. The van der Waals surface area contributed by atoms with Crippen molar-refractivity contribution in [1.29, 1.82) is 0 Å².